The first kappa shape index (κ1) is 19.4. The third-order valence-electron chi connectivity index (χ3n) is 3.85. The highest BCUT2D eigenvalue weighted by Gasteiger charge is 2.18. The number of quaternary nitrogens is 1. The molecule has 0 aliphatic carbocycles. The van der Waals surface area contributed by atoms with E-state index in [2.05, 4.69) is 26.4 Å². The molecule has 120 valence electrons. The molecule has 0 heterocycles. The number of hydrogen-bond acceptors (Lipinski definition) is 2. The second kappa shape index (κ2) is 12.2. The van der Waals surface area contributed by atoms with E-state index in [0.29, 0.717) is 6.54 Å². The van der Waals surface area contributed by atoms with Crippen molar-refractivity contribution < 1.29 is 9.28 Å². The van der Waals surface area contributed by atoms with Gasteiger partial charge < -0.3 is 4.48 Å². The molecule has 0 aliphatic heterocycles. The monoisotopic (exact) mass is 286 g/mol. The Balaban J connectivity index is 3.36. The summed E-state index contributed by atoms with van der Waals surface area (Å²) in [5.41, 5.74) is 2.21. The summed E-state index contributed by atoms with van der Waals surface area (Å²) in [4.78, 5) is 11.3. The molecule has 0 aromatic heterocycles. The van der Waals surface area contributed by atoms with E-state index < -0.39 is 0 Å². The van der Waals surface area contributed by atoms with Crippen LogP contribution in [0.5, 0.6) is 0 Å². The number of nitrogens with zero attached hydrogens (tertiary/aromatic N) is 1. The number of rotatable bonds is 13. The molecule has 1 amide bonds. The number of carbonyl (C=O) groups excluding carboxylic acids is 1. The van der Waals surface area contributed by atoms with E-state index in [9.17, 15) is 4.79 Å². The van der Waals surface area contributed by atoms with Crippen molar-refractivity contribution in [3.63, 3.8) is 0 Å². The molecule has 0 aromatic carbocycles. The lowest BCUT2D eigenvalue weighted by molar-refractivity contribution is -0.882. The molecule has 0 atom stereocenters. The zero-order chi connectivity index (χ0) is 15.3. The Labute approximate surface area is 125 Å². The van der Waals surface area contributed by atoms with Gasteiger partial charge in [-0.25, -0.2) is 5.84 Å². The first-order valence-corrected chi connectivity index (χ1v) is 8.33. The molecular formula is C16H36N3O+. The van der Waals surface area contributed by atoms with Crippen LogP contribution in [0.1, 0.15) is 71.1 Å². The van der Waals surface area contributed by atoms with Crippen molar-refractivity contribution in [2.45, 2.75) is 71.1 Å². The van der Waals surface area contributed by atoms with Crippen molar-refractivity contribution in [1.82, 2.24) is 5.43 Å². The molecule has 0 unspecified atom stereocenters. The second-order valence-electron chi connectivity index (χ2n) is 6.57. The molecule has 4 heteroatoms. The van der Waals surface area contributed by atoms with E-state index in [4.69, 9.17) is 5.84 Å². The smallest absolute Gasteiger partial charge is 0.289 e. The lowest BCUT2D eigenvalue weighted by atomic mass is 10.1. The Morgan fingerprint density at radius 3 is 1.80 bits per heavy atom. The molecule has 0 fully saturated rings. The summed E-state index contributed by atoms with van der Waals surface area (Å²) in [6.07, 6.45) is 13.5. The van der Waals surface area contributed by atoms with Crippen molar-refractivity contribution in [2.75, 3.05) is 27.2 Å². The number of hydrogen-bond donors (Lipinski definition) is 2. The molecule has 0 saturated carbocycles. The van der Waals surface area contributed by atoms with Gasteiger partial charge in [0.1, 0.15) is 0 Å². The molecule has 4 nitrogen and oxygen atoms in total. The fraction of sp³-hybridized carbons (Fsp3) is 0.938. The summed E-state index contributed by atoms with van der Waals surface area (Å²) in [5.74, 6) is 5.04. The Hall–Kier alpha value is -0.610. The summed E-state index contributed by atoms with van der Waals surface area (Å²) in [7, 11) is 4.17. The Bertz CT molecular complexity index is 242. The molecule has 20 heavy (non-hydrogen) atoms. The molecule has 0 radical (unpaired) electrons. The molecule has 3 N–H and O–H groups in total. The van der Waals surface area contributed by atoms with Crippen LogP contribution in [-0.2, 0) is 4.79 Å². The van der Waals surface area contributed by atoms with E-state index in [-0.39, 0.29) is 5.91 Å². The zero-order valence-electron chi connectivity index (χ0n) is 13.9. The van der Waals surface area contributed by atoms with Crippen molar-refractivity contribution in [3.05, 3.63) is 0 Å². The Morgan fingerprint density at radius 2 is 1.35 bits per heavy atom. The van der Waals surface area contributed by atoms with Crippen LogP contribution >= 0.6 is 0 Å². The average molecular weight is 286 g/mol. The van der Waals surface area contributed by atoms with Gasteiger partial charge in [0.15, 0.2) is 6.54 Å². The highest BCUT2D eigenvalue weighted by atomic mass is 16.2. The van der Waals surface area contributed by atoms with Crippen molar-refractivity contribution in [2.24, 2.45) is 5.84 Å². The Kier molecular flexibility index (Phi) is 11.8. The number of nitrogens with one attached hydrogen (secondary N) is 1. The van der Waals surface area contributed by atoms with Crippen molar-refractivity contribution >= 4 is 5.91 Å². The first-order valence-electron chi connectivity index (χ1n) is 8.33. The van der Waals surface area contributed by atoms with Gasteiger partial charge in [0.05, 0.1) is 20.6 Å². The van der Waals surface area contributed by atoms with Crippen LogP contribution in [0.25, 0.3) is 0 Å². The van der Waals surface area contributed by atoms with Gasteiger partial charge in [-0.1, -0.05) is 58.3 Å². The van der Waals surface area contributed by atoms with Crippen LogP contribution < -0.4 is 11.3 Å². The molecule has 0 saturated heterocycles. The zero-order valence-corrected chi connectivity index (χ0v) is 13.9. The number of likely N-dealkylation sites (N-methyl/N-ethyl adjacent to an activating group) is 1. The number of carbonyl (C=O) groups is 1. The van der Waals surface area contributed by atoms with Crippen LogP contribution in [0.2, 0.25) is 0 Å². The van der Waals surface area contributed by atoms with Gasteiger partial charge in [-0.15, -0.1) is 0 Å². The number of hydrazine groups is 1. The maximum Gasteiger partial charge on any atom is 0.289 e. The maximum atomic E-state index is 11.3. The van der Waals surface area contributed by atoms with E-state index in [1.54, 1.807) is 0 Å². The van der Waals surface area contributed by atoms with Gasteiger partial charge in [0.2, 0.25) is 0 Å². The largest absolute Gasteiger partial charge is 0.321 e. The van der Waals surface area contributed by atoms with E-state index in [1.807, 2.05) is 0 Å². The van der Waals surface area contributed by atoms with Gasteiger partial charge in [-0.2, -0.15) is 0 Å². The Morgan fingerprint density at radius 1 is 0.900 bits per heavy atom. The molecule has 0 rings (SSSR count). The fourth-order valence-electron chi connectivity index (χ4n) is 2.54. The minimum Gasteiger partial charge on any atom is -0.321 e. The summed E-state index contributed by atoms with van der Waals surface area (Å²) in [6.45, 7) is 3.77. The van der Waals surface area contributed by atoms with Crippen LogP contribution in [0.3, 0.4) is 0 Å². The summed E-state index contributed by atoms with van der Waals surface area (Å²) in [6, 6.07) is 0. The van der Waals surface area contributed by atoms with E-state index in [1.165, 1.54) is 64.2 Å². The van der Waals surface area contributed by atoms with Crippen molar-refractivity contribution in [3.8, 4) is 0 Å². The minimum atomic E-state index is -0.0814. The molecule has 0 aliphatic rings. The molecule has 0 bridgehead atoms. The van der Waals surface area contributed by atoms with Crippen LogP contribution in [-0.4, -0.2) is 37.6 Å². The van der Waals surface area contributed by atoms with E-state index >= 15 is 0 Å². The summed E-state index contributed by atoms with van der Waals surface area (Å²) in [5, 5.41) is 0. The highest BCUT2D eigenvalue weighted by molar-refractivity contribution is 5.76. The predicted octanol–water partition coefficient (Wildman–Crippen LogP) is 2.97. The first-order chi connectivity index (χ1) is 9.52. The third-order valence-corrected chi connectivity index (χ3v) is 3.85. The van der Waals surface area contributed by atoms with Gasteiger partial charge in [0.25, 0.3) is 5.91 Å². The molecule has 0 spiro atoms. The summed E-state index contributed by atoms with van der Waals surface area (Å²) >= 11 is 0. The lowest BCUT2D eigenvalue weighted by Crippen LogP contribution is -2.49. The predicted molar refractivity (Wildman–Crippen MR) is 86.0 cm³/mol. The van der Waals surface area contributed by atoms with Gasteiger partial charge in [-0.05, 0) is 12.8 Å². The van der Waals surface area contributed by atoms with Crippen LogP contribution in [0.4, 0.5) is 0 Å². The van der Waals surface area contributed by atoms with Gasteiger partial charge in [-0.3, -0.25) is 10.2 Å². The number of nitrogens with two attached hydrogens (primary N) is 1. The van der Waals surface area contributed by atoms with Crippen LogP contribution in [0, 0.1) is 0 Å². The van der Waals surface area contributed by atoms with E-state index in [0.717, 1.165) is 11.0 Å². The minimum absolute atomic E-state index is 0.0814. The number of unbranched alkanes of at least 4 members (excludes halogenated alkanes) is 9. The third kappa shape index (κ3) is 12.4. The molecule has 0 aromatic rings. The summed E-state index contributed by atoms with van der Waals surface area (Å²) < 4.78 is 0.722. The van der Waals surface area contributed by atoms with Crippen LogP contribution in [0.15, 0.2) is 0 Å². The SMILES string of the molecule is CCCCCCCCCCCC[N+](C)(C)CC(=O)NN. The van der Waals surface area contributed by atoms with Gasteiger partial charge in [0, 0.05) is 0 Å². The lowest BCUT2D eigenvalue weighted by Gasteiger charge is -2.28. The maximum absolute atomic E-state index is 11.3. The topological polar surface area (TPSA) is 55.1 Å². The standard InChI is InChI=1S/C16H35N3O/c1-4-5-6-7-8-9-10-11-12-13-14-19(2,3)15-16(20)18-17/h4-15,17H2,1-3H3/p+1. The quantitative estimate of drug-likeness (QED) is 0.180. The normalized spacial score (nSPS) is 11.6. The fourth-order valence-corrected chi connectivity index (χ4v) is 2.54. The average Bonchev–Trinajstić information content (AvgIpc) is 2.40. The van der Waals surface area contributed by atoms with Gasteiger partial charge >= 0.3 is 0 Å². The highest BCUT2D eigenvalue weighted by Crippen LogP contribution is 2.11. The molecular weight excluding hydrogens is 250 g/mol. The number of amides is 1. The second-order valence-corrected chi connectivity index (χ2v) is 6.57. The van der Waals surface area contributed by atoms with Crippen molar-refractivity contribution in [1.29, 1.82) is 0 Å².